The molecule has 206 valence electrons. The van der Waals surface area contributed by atoms with Gasteiger partial charge in [-0.15, -0.1) is 0 Å². The van der Waals surface area contributed by atoms with Gasteiger partial charge in [-0.25, -0.2) is 9.78 Å². The van der Waals surface area contributed by atoms with Crippen molar-refractivity contribution in [2.45, 2.75) is 19.1 Å². The van der Waals surface area contributed by atoms with Crippen LogP contribution in [0.3, 0.4) is 0 Å². The molecular formula is C29H30N6O4S. The average molecular weight is 559 g/mol. The molecule has 4 heterocycles. The highest BCUT2D eigenvalue weighted by Crippen LogP contribution is 2.34. The first-order valence-corrected chi connectivity index (χ1v) is 12.8. The molecule has 1 saturated heterocycles. The smallest absolute Gasteiger partial charge is 0.336 e. The first-order valence-electron chi connectivity index (χ1n) is 12.8. The van der Waals surface area contributed by atoms with E-state index in [0.29, 0.717) is 36.8 Å². The van der Waals surface area contributed by atoms with E-state index in [1.165, 1.54) is 7.11 Å². The van der Waals surface area contributed by atoms with E-state index in [-0.39, 0.29) is 31.1 Å². The van der Waals surface area contributed by atoms with E-state index in [0.717, 1.165) is 33.3 Å². The molecule has 5 aromatic rings. The molecule has 1 aliphatic rings. The molecule has 6 rings (SSSR count). The number of ether oxygens (including phenoxy) is 2. The zero-order chi connectivity index (χ0) is 26.9. The third-order valence-corrected chi connectivity index (χ3v) is 7.01. The van der Waals surface area contributed by atoms with Crippen LogP contribution in [0.2, 0.25) is 0 Å². The normalized spacial score (nSPS) is 15.9. The number of methoxy groups -OCH3 is 1. The number of carbonyl (C=O) groups is 1. The second-order valence-corrected chi connectivity index (χ2v) is 9.49. The van der Waals surface area contributed by atoms with Crippen LogP contribution in [0.1, 0.15) is 18.7 Å². The number of nitrogens with zero attached hydrogens (tertiary/aromatic N) is 3. The zero-order valence-corrected chi connectivity index (χ0v) is 23.1. The van der Waals surface area contributed by atoms with Gasteiger partial charge in [0.1, 0.15) is 11.4 Å². The summed E-state index contributed by atoms with van der Waals surface area (Å²) in [5.74, 6) is 0.0689. The van der Waals surface area contributed by atoms with Crippen molar-refractivity contribution in [2.75, 3.05) is 37.0 Å². The second-order valence-electron chi connectivity index (χ2n) is 9.49. The summed E-state index contributed by atoms with van der Waals surface area (Å²) in [6.07, 6.45) is 1.12. The summed E-state index contributed by atoms with van der Waals surface area (Å²) in [6.45, 7) is 3.46. The maximum atomic E-state index is 13.5. The summed E-state index contributed by atoms with van der Waals surface area (Å²) in [5, 5.41) is 4.40. The Kier molecular flexibility index (Phi) is 7.76. The number of fused-ring (bicyclic) bond motifs is 2. The van der Waals surface area contributed by atoms with Gasteiger partial charge in [-0.2, -0.15) is 13.5 Å². The molecule has 0 radical (unpaired) electrons. The number of aromatic nitrogens is 4. The van der Waals surface area contributed by atoms with Crippen LogP contribution in [-0.2, 0) is 14.3 Å². The van der Waals surface area contributed by atoms with Crippen LogP contribution in [0, 0.1) is 0 Å². The van der Waals surface area contributed by atoms with E-state index in [4.69, 9.17) is 14.5 Å². The van der Waals surface area contributed by atoms with Crippen LogP contribution < -0.4 is 15.8 Å². The van der Waals surface area contributed by atoms with Gasteiger partial charge in [0.25, 0.3) is 5.56 Å². The molecule has 0 aliphatic carbocycles. The minimum absolute atomic E-state index is 0. The Morgan fingerprint density at radius 1 is 1.12 bits per heavy atom. The standard InChI is InChI=1S/C29H28N6O4.H2S/c1-17(20-8-5-6-12-30-20)31-26-19-7-3-4-9-21(19)34-28(36)25(26)27-32-22-11-10-18(15-23(22)33-27)35-13-14-39-24(16-35)29(37)38-2;/h3-12,15,17,24H,13-14,16H2,1-2H3,(H,32,33)(H2,31,34,36);1H2/t17-,24+;/m0./s1. The van der Waals surface area contributed by atoms with Crippen LogP contribution in [0.5, 0.6) is 0 Å². The topological polar surface area (TPSA) is 125 Å². The van der Waals surface area contributed by atoms with E-state index in [9.17, 15) is 9.59 Å². The lowest BCUT2D eigenvalue weighted by molar-refractivity contribution is -0.154. The molecular weight excluding hydrogens is 528 g/mol. The number of hydrogen-bond acceptors (Lipinski definition) is 8. The molecule has 3 aromatic heterocycles. The molecule has 0 amide bonds. The lowest BCUT2D eigenvalue weighted by atomic mass is 10.1. The van der Waals surface area contributed by atoms with Crippen molar-refractivity contribution in [3.05, 3.63) is 82.9 Å². The number of carbonyl (C=O) groups excluding carboxylic acids is 1. The van der Waals surface area contributed by atoms with Gasteiger partial charge in [-0.05, 0) is 43.3 Å². The molecule has 3 N–H and O–H groups in total. The first kappa shape index (κ1) is 27.2. The Hall–Kier alpha value is -4.35. The number of H-pyrrole nitrogens is 2. The van der Waals surface area contributed by atoms with Crippen LogP contribution in [-0.4, -0.2) is 58.8 Å². The Morgan fingerprint density at radius 2 is 1.95 bits per heavy atom. The summed E-state index contributed by atoms with van der Waals surface area (Å²) in [5.41, 5.74) is 4.86. The summed E-state index contributed by atoms with van der Waals surface area (Å²) in [6, 6.07) is 19.1. The molecule has 0 spiro atoms. The van der Waals surface area contributed by atoms with Crippen molar-refractivity contribution in [1.29, 1.82) is 0 Å². The third kappa shape index (κ3) is 5.13. The molecule has 0 unspecified atom stereocenters. The lowest BCUT2D eigenvalue weighted by Crippen LogP contribution is -2.46. The molecule has 10 nitrogen and oxygen atoms in total. The SMILES string of the molecule is COC(=O)[C@H]1CN(c2ccc3nc(-c4c(N[C@@H](C)c5ccccn5)c5ccccc5[nH]c4=O)[nH]c3c2)CCO1.S. The molecule has 1 aliphatic heterocycles. The van der Waals surface area contributed by atoms with Crippen molar-refractivity contribution < 1.29 is 14.3 Å². The monoisotopic (exact) mass is 558 g/mol. The number of imidazole rings is 1. The Labute approximate surface area is 237 Å². The predicted molar refractivity (Wildman–Crippen MR) is 160 cm³/mol. The van der Waals surface area contributed by atoms with Crippen molar-refractivity contribution in [1.82, 2.24) is 19.9 Å². The van der Waals surface area contributed by atoms with Crippen LogP contribution >= 0.6 is 13.5 Å². The number of anilines is 2. The Morgan fingerprint density at radius 3 is 2.75 bits per heavy atom. The highest BCUT2D eigenvalue weighted by Gasteiger charge is 2.28. The summed E-state index contributed by atoms with van der Waals surface area (Å²) >= 11 is 0. The maximum absolute atomic E-state index is 13.5. The number of morpholine rings is 1. The number of para-hydroxylation sites is 1. The molecule has 2 atom stereocenters. The van der Waals surface area contributed by atoms with E-state index >= 15 is 0 Å². The number of rotatable bonds is 6. The van der Waals surface area contributed by atoms with Crippen LogP contribution in [0.15, 0.2) is 71.7 Å². The lowest BCUT2D eigenvalue weighted by Gasteiger charge is -2.33. The van der Waals surface area contributed by atoms with Crippen molar-refractivity contribution in [3.8, 4) is 11.4 Å². The fourth-order valence-electron chi connectivity index (χ4n) is 5.01. The van der Waals surface area contributed by atoms with Crippen molar-refractivity contribution in [2.24, 2.45) is 0 Å². The highest BCUT2D eigenvalue weighted by molar-refractivity contribution is 7.59. The number of aromatic amines is 2. The van der Waals surface area contributed by atoms with E-state index in [1.54, 1.807) is 6.20 Å². The summed E-state index contributed by atoms with van der Waals surface area (Å²) in [4.78, 5) is 43.2. The highest BCUT2D eigenvalue weighted by atomic mass is 32.1. The van der Waals surface area contributed by atoms with Gasteiger partial charge in [0.15, 0.2) is 6.10 Å². The second kappa shape index (κ2) is 11.4. The third-order valence-electron chi connectivity index (χ3n) is 7.01. The van der Waals surface area contributed by atoms with Crippen molar-refractivity contribution in [3.63, 3.8) is 0 Å². The fraction of sp³-hybridized carbons (Fsp3) is 0.241. The van der Waals surface area contributed by atoms with Gasteiger partial charge >= 0.3 is 5.97 Å². The van der Waals surface area contributed by atoms with Gasteiger partial charge in [-0.1, -0.05) is 24.3 Å². The van der Waals surface area contributed by atoms with Gasteiger partial charge in [0, 0.05) is 23.8 Å². The predicted octanol–water partition coefficient (Wildman–Crippen LogP) is 4.13. The number of esters is 1. The largest absolute Gasteiger partial charge is 0.467 e. The molecule has 0 bridgehead atoms. The molecule has 0 saturated carbocycles. The van der Waals surface area contributed by atoms with Gasteiger partial charge in [-0.3, -0.25) is 9.78 Å². The summed E-state index contributed by atoms with van der Waals surface area (Å²) < 4.78 is 10.4. The number of hydrogen-bond donors (Lipinski definition) is 3. The zero-order valence-electron chi connectivity index (χ0n) is 22.1. The molecule has 1 fully saturated rings. The Balaban J connectivity index is 0.00000323. The average Bonchev–Trinajstić information content (AvgIpc) is 3.40. The van der Waals surface area contributed by atoms with E-state index in [1.807, 2.05) is 67.6 Å². The number of nitrogens with one attached hydrogen (secondary N) is 3. The molecule has 2 aromatic carbocycles. The van der Waals surface area contributed by atoms with E-state index < -0.39 is 6.10 Å². The van der Waals surface area contributed by atoms with Gasteiger partial charge in [0.05, 0.1) is 54.2 Å². The molecule has 11 heteroatoms. The first-order chi connectivity index (χ1) is 19.0. The van der Waals surface area contributed by atoms with Crippen LogP contribution in [0.25, 0.3) is 33.3 Å². The number of benzene rings is 2. The van der Waals surface area contributed by atoms with Crippen molar-refractivity contribution >= 4 is 52.8 Å². The summed E-state index contributed by atoms with van der Waals surface area (Å²) in [7, 11) is 1.36. The number of pyridine rings is 2. The van der Waals surface area contributed by atoms with E-state index in [2.05, 4.69) is 25.2 Å². The molecule has 40 heavy (non-hydrogen) atoms. The minimum atomic E-state index is -0.636. The van der Waals surface area contributed by atoms with Gasteiger partial charge < -0.3 is 29.7 Å². The Bertz CT molecular complexity index is 1720. The quantitative estimate of drug-likeness (QED) is 0.266. The van der Waals surface area contributed by atoms with Gasteiger partial charge in [0.2, 0.25) is 0 Å². The fourth-order valence-corrected chi connectivity index (χ4v) is 5.01. The maximum Gasteiger partial charge on any atom is 0.336 e. The minimum Gasteiger partial charge on any atom is -0.467 e. The van der Waals surface area contributed by atoms with Crippen LogP contribution in [0.4, 0.5) is 11.4 Å².